The molecular formula is C12H18O6. The van der Waals surface area contributed by atoms with Crippen molar-refractivity contribution in [3.63, 3.8) is 0 Å². The van der Waals surface area contributed by atoms with E-state index < -0.39 is 47.2 Å². The lowest BCUT2D eigenvalue weighted by atomic mass is 9.79. The molecule has 2 rings (SSSR count). The third-order valence-corrected chi connectivity index (χ3v) is 4.11. The average Bonchev–Trinajstić information content (AvgIpc) is 2.39. The second-order valence-corrected chi connectivity index (χ2v) is 5.66. The van der Waals surface area contributed by atoms with Crippen LogP contribution in [0.15, 0.2) is 0 Å². The van der Waals surface area contributed by atoms with E-state index in [0.717, 1.165) is 0 Å². The molecule has 1 aliphatic heterocycles. The molecule has 0 aromatic rings. The van der Waals surface area contributed by atoms with Crippen LogP contribution >= 0.6 is 0 Å². The molecule has 4 atom stereocenters. The summed E-state index contributed by atoms with van der Waals surface area (Å²) in [5, 5.41) is 20.3. The molecule has 1 saturated heterocycles. The Morgan fingerprint density at radius 3 is 1.61 bits per heavy atom. The zero-order valence-corrected chi connectivity index (χ0v) is 10.8. The van der Waals surface area contributed by atoms with Crippen molar-refractivity contribution in [2.45, 2.75) is 45.7 Å². The fourth-order valence-electron chi connectivity index (χ4n) is 2.78. The summed E-state index contributed by atoms with van der Waals surface area (Å²) in [5.41, 5.74) is -2.01. The Bertz CT molecular complexity index is 365. The number of cyclic esters (lactones) is 2. The summed E-state index contributed by atoms with van der Waals surface area (Å²) in [6.07, 6.45) is -2.61. The van der Waals surface area contributed by atoms with Crippen molar-refractivity contribution in [3.05, 3.63) is 0 Å². The summed E-state index contributed by atoms with van der Waals surface area (Å²) in [6, 6.07) is 0. The third-order valence-electron chi connectivity index (χ3n) is 4.11. The molecule has 1 heterocycles. The number of hydrogen-bond donors (Lipinski definition) is 2. The molecule has 6 heteroatoms. The predicted octanol–water partition coefficient (Wildman–Crippen LogP) is -0.184. The molecule has 6 nitrogen and oxygen atoms in total. The van der Waals surface area contributed by atoms with Gasteiger partial charge in [-0.05, 0) is 11.8 Å². The van der Waals surface area contributed by atoms with E-state index in [4.69, 9.17) is 9.47 Å². The van der Waals surface area contributed by atoms with Gasteiger partial charge in [0, 0.05) is 13.8 Å². The molecule has 0 aromatic carbocycles. The minimum absolute atomic E-state index is 0.402. The Morgan fingerprint density at radius 2 is 1.28 bits per heavy atom. The molecule has 0 bridgehead atoms. The van der Waals surface area contributed by atoms with E-state index in [1.807, 2.05) is 0 Å². The molecule has 102 valence electrons. The number of ether oxygens (including phenoxy) is 2. The lowest BCUT2D eigenvalue weighted by Gasteiger charge is -2.41. The smallest absolute Gasteiger partial charge is 0.332 e. The van der Waals surface area contributed by atoms with Crippen molar-refractivity contribution in [2.24, 2.45) is 17.3 Å². The standard InChI is InChI=1S/C12H18O6/c1-5-6(2)8(14)12(7(5)13)9(15)17-11(3,4)18-10(12)16/h5-8,13-14H,1-4H3. The fraction of sp³-hybridized carbons (Fsp3) is 0.833. The summed E-state index contributed by atoms with van der Waals surface area (Å²) in [6.45, 7) is 6.20. The SMILES string of the molecule is CC1C(C)C(O)C2(C(=O)OC(C)(C)OC2=O)C1O. The normalized spacial score (nSPS) is 41.7. The minimum Gasteiger partial charge on any atom is -0.422 e. The second-order valence-electron chi connectivity index (χ2n) is 5.66. The van der Waals surface area contributed by atoms with Crippen LogP contribution in [0.25, 0.3) is 0 Å². The third kappa shape index (κ3) is 1.42. The summed E-state index contributed by atoms with van der Waals surface area (Å²) in [4.78, 5) is 24.2. The van der Waals surface area contributed by atoms with Crippen molar-refractivity contribution < 1.29 is 29.3 Å². The molecule has 1 saturated carbocycles. The van der Waals surface area contributed by atoms with E-state index in [9.17, 15) is 19.8 Å². The molecule has 2 fully saturated rings. The quantitative estimate of drug-likeness (QED) is 0.462. The van der Waals surface area contributed by atoms with Gasteiger partial charge in [-0.1, -0.05) is 13.8 Å². The van der Waals surface area contributed by atoms with Crippen LogP contribution in [-0.2, 0) is 19.1 Å². The highest BCUT2D eigenvalue weighted by molar-refractivity contribution is 6.03. The Morgan fingerprint density at radius 1 is 0.944 bits per heavy atom. The number of esters is 2. The van der Waals surface area contributed by atoms with Crippen LogP contribution in [0.2, 0.25) is 0 Å². The number of carbonyl (C=O) groups excluding carboxylic acids is 2. The summed E-state index contributed by atoms with van der Waals surface area (Å²) >= 11 is 0. The van der Waals surface area contributed by atoms with Crippen LogP contribution in [0, 0.1) is 17.3 Å². The zero-order valence-electron chi connectivity index (χ0n) is 10.8. The second kappa shape index (κ2) is 3.68. The van der Waals surface area contributed by atoms with E-state index in [2.05, 4.69) is 0 Å². The largest absolute Gasteiger partial charge is 0.422 e. The highest BCUT2D eigenvalue weighted by Gasteiger charge is 2.71. The van der Waals surface area contributed by atoms with Gasteiger partial charge in [0.2, 0.25) is 5.41 Å². The average molecular weight is 258 g/mol. The van der Waals surface area contributed by atoms with Gasteiger partial charge < -0.3 is 19.7 Å². The number of aliphatic hydroxyl groups is 2. The Kier molecular flexibility index (Phi) is 2.72. The molecule has 2 N–H and O–H groups in total. The molecule has 18 heavy (non-hydrogen) atoms. The lowest BCUT2D eigenvalue weighted by molar-refractivity contribution is -0.263. The molecule has 0 radical (unpaired) electrons. The monoisotopic (exact) mass is 258 g/mol. The first kappa shape index (κ1) is 13.3. The number of rotatable bonds is 0. The van der Waals surface area contributed by atoms with Crippen molar-refractivity contribution >= 4 is 11.9 Å². The van der Waals surface area contributed by atoms with Crippen molar-refractivity contribution in [1.82, 2.24) is 0 Å². The van der Waals surface area contributed by atoms with Gasteiger partial charge in [0.05, 0.1) is 12.2 Å². The minimum atomic E-state index is -2.01. The van der Waals surface area contributed by atoms with Gasteiger partial charge in [-0.15, -0.1) is 0 Å². The fourth-order valence-corrected chi connectivity index (χ4v) is 2.78. The van der Waals surface area contributed by atoms with Gasteiger partial charge in [-0.2, -0.15) is 0 Å². The maximum absolute atomic E-state index is 12.1. The van der Waals surface area contributed by atoms with Crippen LogP contribution in [-0.4, -0.2) is 40.1 Å². The topological polar surface area (TPSA) is 93.1 Å². The first-order valence-electron chi connectivity index (χ1n) is 5.97. The van der Waals surface area contributed by atoms with E-state index in [-0.39, 0.29) is 0 Å². The maximum atomic E-state index is 12.1. The highest BCUT2D eigenvalue weighted by Crippen LogP contribution is 2.50. The first-order chi connectivity index (χ1) is 8.14. The number of aliphatic hydroxyl groups excluding tert-OH is 2. The molecular weight excluding hydrogens is 240 g/mol. The summed E-state index contributed by atoms with van der Waals surface area (Å²) < 4.78 is 10.0. The maximum Gasteiger partial charge on any atom is 0.332 e. The van der Waals surface area contributed by atoms with E-state index in [1.54, 1.807) is 13.8 Å². The Balaban J connectivity index is 2.48. The van der Waals surface area contributed by atoms with E-state index in [1.165, 1.54) is 13.8 Å². The van der Waals surface area contributed by atoms with Gasteiger partial charge in [-0.3, -0.25) is 9.59 Å². The first-order valence-corrected chi connectivity index (χ1v) is 5.97. The Labute approximate surface area is 105 Å². The van der Waals surface area contributed by atoms with Crippen LogP contribution in [0.3, 0.4) is 0 Å². The van der Waals surface area contributed by atoms with E-state index >= 15 is 0 Å². The van der Waals surface area contributed by atoms with Crippen molar-refractivity contribution in [3.8, 4) is 0 Å². The zero-order chi connectivity index (χ0) is 13.9. The van der Waals surface area contributed by atoms with Gasteiger partial charge in [0.15, 0.2) is 0 Å². The molecule has 0 aromatic heterocycles. The van der Waals surface area contributed by atoms with Gasteiger partial charge >= 0.3 is 11.9 Å². The number of hydrogen-bond acceptors (Lipinski definition) is 6. The number of carbonyl (C=O) groups is 2. The molecule has 4 unspecified atom stereocenters. The van der Waals surface area contributed by atoms with Crippen LogP contribution in [0.4, 0.5) is 0 Å². The predicted molar refractivity (Wildman–Crippen MR) is 59.0 cm³/mol. The van der Waals surface area contributed by atoms with Gasteiger partial charge in [0.25, 0.3) is 5.79 Å². The Hall–Kier alpha value is -1.14. The van der Waals surface area contributed by atoms with Crippen molar-refractivity contribution in [2.75, 3.05) is 0 Å². The van der Waals surface area contributed by atoms with Crippen molar-refractivity contribution in [1.29, 1.82) is 0 Å². The molecule has 1 aliphatic carbocycles. The van der Waals surface area contributed by atoms with Gasteiger partial charge in [-0.25, -0.2) is 0 Å². The molecule has 1 spiro atoms. The van der Waals surface area contributed by atoms with Crippen LogP contribution in [0.1, 0.15) is 27.7 Å². The molecule has 0 amide bonds. The summed E-state index contributed by atoms with van der Waals surface area (Å²) in [5.74, 6) is -4.00. The van der Waals surface area contributed by atoms with Crippen LogP contribution in [0.5, 0.6) is 0 Å². The van der Waals surface area contributed by atoms with E-state index in [0.29, 0.717) is 0 Å². The molecule has 2 aliphatic rings. The van der Waals surface area contributed by atoms with Crippen LogP contribution < -0.4 is 0 Å². The lowest BCUT2D eigenvalue weighted by Crippen LogP contribution is -2.62. The summed E-state index contributed by atoms with van der Waals surface area (Å²) in [7, 11) is 0. The van der Waals surface area contributed by atoms with Gasteiger partial charge in [0.1, 0.15) is 0 Å². The highest BCUT2D eigenvalue weighted by atomic mass is 16.7.